The highest BCUT2D eigenvalue weighted by atomic mass is 16.5. The minimum atomic E-state index is -0.304. The Kier molecular flexibility index (Phi) is 4.95. The maximum Gasteiger partial charge on any atom is 0.337 e. The Morgan fingerprint density at radius 3 is 2.62 bits per heavy atom. The van der Waals surface area contributed by atoms with Crippen LogP contribution in [0.4, 0.5) is 0 Å². The molecule has 0 saturated carbocycles. The van der Waals surface area contributed by atoms with Crippen LogP contribution in [0.15, 0.2) is 42.7 Å². The molecule has 1 aliphatic heterocycles. The molecule has 1 aromatic carbocycles. The zero-order valence-corrected chi connectivity index (χ0v) is 14.5. The van der Waals surface area contributed by atoms with Crippen molar-refractivity contribution in [2.45, 2.75) is 31.7 Å². The van der Waals surface area contributed by atoms with Gasteiger partial charge in [0.2, 0.25) is 0 Å². The number of carbonyl (C=O) groups excluding carboxylic acids is 1. The number of benzene rings is 1. The van der Waals surface area contributed by atoms with Crippen molar-refractivity contribution in [3.05, 3.63) is 65.0 Å². The van der Waals surface area contributed by atoms with Gasteiger partial charge in [-0.3, -0.25) is 9.88 Å². The van der Waals surface area contributed by atoms with Crippen molar-refractivity contribution in [3.63, 3.8) is 0 Å². The van der Waals surface area contributed by atoms with Crippen LogP contribution < -0.4 is 0 Å². The summed E-state index contributed by atoms with van der Waals surface area (Å²) in [4.78, 5) is 18.4. The molecule has 2 aromatic rings. The molecular formula is C20H24N2O2. The highest BCUT2D eigenvalue weighted by Crippen LogP contribution is 2.32. The maximum atomic E-state index is 11.6. The van der Waals surface area contributed by atoms with Crippen LogP contribution in [0.25, 0.3) is 0 Å². The Morgan fingerprint density at radius 1 is 1.25 bits per heavy atom. The lowest BCUT2D eigenvalue weighted by atomic mass is 9.92. The lowest BCUT2D eigenvalue weighted by Crippen LogP contribution is -2.17. The van der Waals surface area contributed by atoms with Crippen molar-refractivity contribution in [2.75, 3.05) is 20.7 Å². The third-order valence-corrected chi connectivity index (χ3v) is 5.02. The lowest BCUT2D eigenvalue weighted by molar-refractivity contribution is 0.0600. The van der Waals surface area contributed by atoms with Gasteiger partial charge in [0.15, 0.2) is 0 Å². The topological polar surface area (TPSA) is 42.4 Å². The largest absolute Gasteiger partial charge is 0.465 e. The van der Waals surface area contributed by atoms with Crippen LogP contribution in [0.3, 0.4) is 0 Å². The number of hydrogen-bond acceptors (Lipinski definition) is 4. The molecular weight excluding hydrogens is 300 g/mol. The molecule has 2 atom stereocenters. The fourth-order valence-corrected chi connectivity index (χ4v) is 3.45. The lowest BCUT2D eigenvalue weighted by Gasteiger charge is -2.21. The van der Waals surface area contributed by atoms with E-state index in [9.17, 15) is 4.79 Å². The number of rotatable bonds is 4. The first-order valence-corrected chi connectivity index (χ1v) is 8.43. The SMILES string of the molecule is COC(=O)c1ccc(C(C)c2cncc(C3CCCN3C)c2)cc1. The molecule has 1 aliphatic rings. The zero-order chi connectivity index (χ0) is 17.1. The molecule has 0 aliphatic carbocycles. The second-order valence-electron chi connectivity index (χ2n) is 6.53. The van der Waals surface area contributed by atoms with E-state index in [0.717, 1.165) is 6.54 Å². The van der Waals surface area contributed by atoms with E-state index in [0.29, 0.717) is 11.6 Å². The second kappa shape index (κ2) is 7.14. The highest BCUT2D eigenvalue weighted by Gasteiger charge is 2.23. The van der Waals surface area contributed by atoms with Gasteiger partial charge >= 0.3 is 5.97 Å². The molecule has 4 nitrogen and oxygen atoms in total. The van der Waals surface area contributed by atoms with Crippen molar-refractivity contribution < 1.29 is 9.53 Å². The molecule has 0 amide bonds. The van der Waals surface area contributed by atoms with Crippen molar-refractivity contribution in [2.24, 2.45) is 0 Å². The van der Waals surface area contributed by atoms with E-state index < -0.39 is 0 Å². The molecule has 4 heteroatoms. The molecule has 24 heavy (non-hydrogen) atoms. The van der Waals surface area contributed by atoms with Gasteiger partial charge in [-0.1, -0.05) is 25.1 Å². The molecule has 1 fully saturated rings. The van der Waals surface area contributed by atoms with Gasteiger partial charge in [-0.2, -0.15) is 0 Å². The smallest absolute Gasteiger partial charge is 0.337 e. The Balaban J connectivity index is 1.82. The van der Waals surface area contributed by atoms with E-state index in [1.54, 1.807) is 0 Å². The molecule has 0 bridgehead atoms. The summed E-state index contributed by atoms with van der Waals surface area (Å²) in [5, 5.41) is 0. The molecule has 126 valence electrons. The van der Waals surface area contributed by atoms with Gasteiger partial charge in [-0.05, 0) is 55.3 Å². The number of carbonyl (C=O) groups is 1. The Bertz CT molecular complexity index is 712. The first kappa shape index (κ1) is 16.7. The van der Waals surface area contributed by atoms with Gasteiger partial charge < -0.3 is 4.74 Å². The van der Waals surface area contributed by atoms with Crippen LogP contribution in [0.5, 0.6) is 0 Å². The number of esters is 1. The number of ether oxygens (including phenoxy) is 1. The van der Waals surface area contributed by atoms with Crippen LogP contribution in [0.2, 0.25) is 0 Å². The predicted octanol–water partition coefficient (Wildman–Crippen LogP) is 3.79. The molecule has 2 unspecified atom stereocenters. The highest BCUT2D eigenvalue weighted by molar-refractivity contribution is 5.89. The summed E-state index contributed by atoms with van der Waals surface area (Å²) < 4.78 is 4.75. The number of likely N-dealkylation sites (tertiary alicyclic amines) is 1. The van der Waals surface area contributed by atoms with E-state index >= 15 is 0 Å². The van der Waals surface area contributed by atoms with Gasteiger partial charge in [0, 0.05) is 24.4 Å². The fourth-order valence-electron chi connectivity index (χ4n) is 3.45. The third kappa shape index (κ3) is 3.34. The van der Waals surface area contributed by atoms with Gasteiger partial charge in [-0.15, -0.1) is 0 Å². The quantitative estimate of drug-likeness (QED) is 0.803. The van der Waals surface area contributed by atoms with Crippen LogP contribution in [-0.2, 0) is 4.74 Å². The Hall–Kier alpha value is -2.20. The number of methoxy groups -OCH3 is 1. The fraction of sp³-hybridized carbons (Fsp3) is 0.400. The van der Waals surface area contributed by atoms with Gasteiger partial charge in [0.25, 0.3) is 0 Å². The zero-order valence-electron chi connectivity index (χ0n) is 14.5. The first-order chi connectivity index (χ1) is 11.6. The summed E-state index contributed by atoms with van der Waals surface area (Å²) in [5.74, 6) is -0.0713. The second-order valence-corrected chi connectivity index (χ2v) is 6.53. The predicted molar refractivity (Wildman–Crippen MR) is 94.1 cm³/mol. The standard InChI is InChI=1S/C20H24N2O2/c1-14(15-6-8-16(9-7-15)20(23)24-3)17-11-18(13-21-12-17)19-5-4-10-22(19)2/h6-9,11-14,19H,4-5,10H2,1-3H3. The number of pyridine rings is 1. The summed E-state index contributed by atoms with van der Waals surface area (Å²) in [6.07, 6.45) is 6.38. The summed E-state index contributed by atoms with van der Waals surface area (Å²) in [7, 11) is 3.58. The van der Waals surface area contributed by atoms with E-state index in [2.05, 4.69) is 29.9 Å². The minimum absolute atomic E-state index is 0.232. The van der Waals surface area contributed by atoms with Gasteiger partial charge in [-0.25, -0.2) is 4.79 Å². The number of aromatic nitrogens is 1. The summed E-state index contributed by atoms with van der Waals surface area (Å²) >= 11 is 0. The molecule has 1 aromatic heterocycles. The van der Waals surface area contributed by atoms with E-state index in [1.807, 2.05) is 36.7 Å². The average Bonchev–Trinajstić information content (AvgIpc) is 3.06. The monoisotopic (exact) mass is 324 g/mol. The Labute approximate surface area is 143 Å². The molecule has 3 rings (SSSR count). The first-order valence-electron chi connectivity index (χ1n) is 8.43. The number of hydrogen-bond donors (Lipinski definition) is 0. The van der Waals surface area contributed by atoms with Crippen molar-refractivity contribution in [3.8, 4) is 0 Å². The summed E-state index contributed by atoms with van der Waals surface area (Å²) in [6, 6.07) is 10.4. The van der Waals surface area contributed by atoms with E-state index in [4.69, 9.17) is 4.74 Å². The van der Waals surface area contributed by atoms with Crippen molar-refractivity contribution >= 4 is 5.97 Å². The van der Waals surface area contributed by atoms with Crippen LogP contribution in [0.1, 0.15) is 58.8 Å². The van der Waals surface area contributed by atoms with Crippen LogP contribution in [-0.4, -0.2) is 36.6 Å². The van der Waals surface area contributed by atoms with E-state index in [1.165, 1.54) is 36.6 Å². The van der Waals surface area contributed by atoms with E-state index in [-0.39, 0.29) is 11.9 Å². The Morgan fingerprint density at radius 2 is 2.00 bits per heavy atom. The normalized spacial score (nSPS) is 19.2. The minimum Gasteiger partial charge on any atom is -0.465 e. The molecule has 2 heterocycles. The van der Waals surface area contributed by atoms with Crippen LogP contribution >= 0.6 is 0 Å². The number of nitrogens with zero attached hydrogens (tertiary/aromatic N) is 2. The van der Waals surface area contributed by atoms with Gasteiger partial charge in [0.1, 0.15) is 0 Å². The van der Waals surface area contributed by atoms with Crippen molar-refractivity contribution in [1.29, 1.82) is 0 Å². The summed E-state index contributed by atoms with van der Waals surface area (Å²) in [5.41, 5.74) is 4.25. The van der Waals surface area contributed by atoms with Gasteiger partial charge in [0.05, 0.1) is 12.7 Å². The molecule has 0 N–H and O–H groups in total. The maximum absolute atomic E-state index is 11.6. The van der Waals surface area contributed by atoms with Crippen molar-refractivity contribution in [1.82, 2.24) is 9.88 Å². The molecule has 0 radical (unpaired) electrons. The average molecular weight is 324 g/mol. The molecule has 1 saturated heterocycles. The third-order valence-electron chi connectivity index (χ3n) is 5.02. The van der Waals surface area contributed by atoms with Crippen LogP contribution in [0, 0.1) is 0 Å². The summed E-state index contributed by atoms with van der Waals surface area (Å²) in [6.45, 7) is 3.33. The molecule has 0 spiro atoms.